The summed E-state index contributed by atoms with van der Waals surface area (Å²) in [6, 6.07) is 15.1. The minimum atomic E-state index is -1.21. The summed E-state index contributed by atoms with van der Waals surface area (Å²) in [5.74, 6) is 0.701. The number of piperazine rings is 1. The van der Waals surface area contributed by atoms with Gasteiger partial charge in [-0.25, -0.2) is 4.98 Å². The summed E-state index contributed by atoms with van der Waals surface area (Å²) in [6.07, 6.45) is 7.28. The first-order valence-corrected chi connectivity index (χ1v) is 17.3. The lowest BCUT2D eigenvalue weighted by Crippen LogP contribution is -2.44. The van der Waals surface area contributed by atoms with Crippen molar-refractivity contribution in [2.75, 3.05) is 50.1 Å². The molecule has 1 aliphatic rings. The van der Waals surface area contributed by atoms with Gasteiger partial charge in [0, 0.05) is 59.5 Å². The van der Waals surface area contributed by atoms with Crippen LogP contribution in [-0.4, -0.2) is 67.3 Å². The zero-order valence-electron chi connectivity index (χ0n) is 23.4. The topological polar surface area (TPSA) is 75.5 Å². The van der Waals surface area contributed by atoms with Gasteiger partial charge in [-0.2, -0.15) is 0 Å². The summed E-state index contributed by atoms with van der Waals surface area (Å²) >= 11 is 0. The largest absolute Gasteiger partial charge is 0.368 e. The number of aromatic nitrogens is 3. The molecule has 9 heteroatoms. The molecule has 1 aliphatic heterocycles. The highest BCUT2D eigenvalue weighted by atomic mass is 28.3. The zero-order chi connectivity index (χ0) is 27.4. The third kappa shape index (κ3) is 6.55. The lowest BCUT2D eigenvalue weighted by Gasteiger charge is -2.33. The van der Waals surface area contributed by atoms with Crippen molar-refractivity contribution in [3.8, 4) is 11.1 Å². The van der Waals surface area contributed by atoms with Gasteiger partial charge in [0.05, 0.1) is 23.0 Å². The summed E-state index contributed by atoms with van der Waals surface area (Å²) in [4.78, 5) is 27.3. The van der Waals surface area contributed by atoms with Crippen LogP contribution >= 0.6 is 0 Å². The SMILES string of the molecule is CN1CCN(c2ccc(Nc3ccc(-c4ccncc4)c4ccn(COCC[Si](C)(C)C)c(=O)c34)nc2)CC1. The van der Waals surface area contributed by atoms with E-state index in [0.717, 1.165) is 60.1 Å². The molecule has 204 valence electrons. The molecule has 1 N–H and O–H groups in total. The van der Waals surface area contributed by atoms with Gasteiger partial charge in [0.15, 0.2) is 0 Å². The van der Waals surface area contributed by atoms with Gasteiger partial charge in [-0.3, -0.25) is 14.3 Å². The molecule has 4 heterocycles. The Labute approximate surface area is 231 Å². The fourth-order valence-electron chi connectivity index (χ4n) is 4.78. The van der Waals surface area contributed by atoms with Gasteiger partial charge in [0.1, 0.15) is 12.5 Å². The second-order valence-corrected chi connectivity index (χ2v) is 17.1. The van der Waals surface area contributed by atoms with Crippen LogP contribution in [0.5, 0.6) is 0 Å². The fraction of sp³-hybridized carbons (Fsp3) is 0.367. The van der Waals surface area contributed by atoms with Crippen LogP contribution in [0.1, 0.15) is 0 Å². The van der Waals surface area contributed by atoms with Crippen LogP contribution in [0.15, 0.2) is 72.0 Å². The summed E-state index contributed by atoms with van der Waals surface area (Å²) in [5.41, 5.74) is 3.75. The average molecular weight is 543 g/mol. The molecule has 0 atom stereocenters. The first kappa shape index (κ1) is 27.0. The Morgan fingerprint density at radius 2 is 1.74 bits per heavy atom. The second kappa shape index (κ2) is 11.7. The zero-order valence-corrected chi connectivity index (χ0v) is 24.4. The number of nitrogens with zero attached hydrogens (tertiary/aromatic N) is 5. The van der Waals surface area contributed by atoms with Gasteiger partial charge < -0.3 is 19.9 Å². The Balaban J connectivity index is 1.46. The van der Waals surface area contributed by atoms with Crippen molar-refractivity contribution in [1.29, 1.82) is 0 Å². The van der Waals surface area contributed by atoms with Crippen molar-refractivity contribution >= 4 is 36.0 Å². The minimum Gasteiger partial charge on any atom is -0.368 e. The molecule has 0 saturated carbocycles. The summed E-state index contributed by atoms with van der Waals surface area (Å²) < 4.78 is 7.58. The van der Waals surface area contributed by atoms with Crippen molar-refractivity contribution in [1.82, 2.24) is 19.4 Å². The predicted octanol–water partition coefficient (Wildman–Crippen LogP) is 5.27. The van der Waals surface area contributed by atoms with Crippen LogP contribution < -0.4 is 15.8 Å². The maximum atomic E-state index is 13.8. The highest BCUT2D eigenvalue weighted by Crippen LogP contribution is 2.32. The highest BCUT2D eigenvalue weighted by Gasteiger charge is 2.17. The quantitative estimate of drug-likeness (QED) is 0.228. The minimum absolute atomic E-state index is 0.0898. The number of nitrogens with one attached hydrogen (secondary N) is 1. The van der Waals surface area contributed by atoms with Crippen LogP contribution in [0.25, 0.3) is 21.9 Å². The summed E-state index contributed by atoms with van der Waals surface area (Å²) in [6.45, 7) is 11.9. The van der Waals surface area contributed by atoms with Gasteiger partial charge in [0.2, 0.25) is 0 Å². The van der Waals surface area contributed by atoms with E-state index in [1.54, 1.807) is 17.0 Å². The van der Waals surface area contributed by atoms with E-state index in [2.05, 4.69) is 57.8 Å². The van der Waals surface area contributed by atoms with Gasteiger partial charge in [0.25, 0.3) is 5.56 Å². The average Bonchev–Trinajstić information content (AvgIpc) is 2.93. The van der Waals surface area contributed by atoms with Gasteiger partial charge in [-0.1, -0.05) is 25.7 Å². The number of hydrogen-bond acceptors (Lipinski definition) is 7. The Morgan fingerprint density at radius 1 is 0.974 bits per heavy atom. The molecule has 0 amide bonds. The number of pyridine rings is 3. The Morgan fingerprint density at radius 3 is 2.44 bits per heavy atom. The molecule has 0 bridgehead atoms. The molecule has 1 aromatic carbocycles. The lowest BCUT2D eigenvalue weighted by atomic mass is 9.99. The fourth-order valence-corrected chi connectivity index (χ4v) is 5.54. The third-order valence-corrected chi connectivity index (χ3v) is 8.94. The van der Waals surface area contributed by atoms with Crippen molar-refractivity contribution in [3.63, 3.8) is 0 Å². The Bertz CT molecular complexity index is 1460. The van der Waals surface area contributed by atoms with Crippen LogP contribution in [0.4, 0.5) is 17.2 Å². The Hall–Kier alpha value is -3.53. The second-order valence-electron chi connectivity index (χ2n) is 11.4. The number of ether oxygens (including phenoxy) is 1. The van der Waals surface area contributed by atoms with Crippen molar-refractivity contribution < 1.29 is 4.74 Å². The molecule has 8 nitrogen and oxygen atoms in total. The standard InChI is InChI=1S/C30H38N6O2Si/c1-34-15-17-35(18-16-34)24-5-8-28(32-21-24)33-27-7-6-25(23-9-12-31-13-10-23)26-11-14-36(30(37)29(26)27)22-38-19-20-39(2,3)4/h5-14,21H,15-20,22H2,1-4H3,(H,32,33). The number of benzene rings is 1. The molecule has 0 aliphatic carbocycles. The van der Waals surface area contributed by atoms with E-state index in [9.17, 15) is 4.79 Å². The number of rotatable bonds is 9. The molecule has 0 spiro atoms. The molecular weight excluding hydrogens is 504 g/mol. The Kier molecular flexibility index (Phi) is 8.11. The first-order chi connectivity index (χ1) is 18.8. The van der Waals surface area contributed by atoms with Crippen molar-refractivity contribution in [2.45, 2.75) is 32.4 Å². The molecule has 0 radical (unpaired) electrons. The molecule has 1 saturated heterocycles. The summed E-state index contributed by atoms with van der Waals surface area (Å²) in [7, 11) is 0.945. The normalized spacial score (nSPS) is 14.6. The van der Waals surface area contributed by atoms with Crippen LogP contribution in [0.3, 0.4) is 0 Å². The van der Waals surface area contributed by atoms with E-state index in [1.165, 1.54) is 0 Å². The van der Waals surface area contributed by atoms with E-state index in [-0.39, 0.29) is 12.3 Å². The van der Waals surface area contributed by atoms with E-state index in [4.69, 9.17) is 4.74 Å². The molecule has 1 fully saturated rings. The lowest BCUT2D eigenvalue weighted by molar-refractivity contribution is 0.0851. The van der Waals surface area contributed by atoms with Crippen LogP contribution in [0, 0.1) is 0 Å². The highest BCUT2D eigenvalue weighted by molar-refractivity contribution is 6.76. The monoisotopic (exact) mass is 542 g/mol. The number of likely N-dealkylation sites (N-methyl/N-ethyl adjacent to an activating group) is 1. The molecule has 5 rings (SSSR count). The smallest absolute Gasteiger partial charge is 0.262 e. The number of hydrogen-bond donors (Lipinski definition) is 1. The molecule has 39 heavy (non-hydrogen) atoms. The van der Waals surface area contributed by atoms with Crippen molar-refractivity contribution in [3.05, 3.63) is 77.6 Å². The van der Waals surface area contributed by atoms with Crippen molar-refractivity contribution in [2.24, 2.45) is 0 Å². The number of fused-ring (bicyclic) bond motifs is 1. The predicted molar refractivity (Wildman–Crippen MR) is 163 cm³/mol. The molecule has 0 unspecified atom stereocenters. The maximum absolute atomic E-state index is 13.8. The van der Waals surface area contributed by atoms with Gasteiger partial charge in [-0.05, 0) is 66.0 Å². The van der Waals surface area contributed by atoms with E-state index < -0.39 is 8.07 Å². The van der Waals surface area contributed by atoms with Gasteiger partial charge >= 0.3 is 0 Å². The van der Waals surface area contributed by atoms with E-state index >= 15 is 0 Å². The first-order valence-electron chi connectivity index (χ1n) is 13.6. The molecule has 4 aromatic rings. The van der Waals surface area contributed by atoms with E-state index in [0.29, 0.717) is 17.8 Å². The third-order valence-electron chi connectivity index (χ3n) is 7.24. The molecular formula is C30H38N6O2Si. The molecule has 3 aromatic heterocycles. The van der Waals surface area contributed by atoms with E-state index in [1.807, 2.05) is 48.8 Å². The van der Waals surface area contributed by atoms with Crippen LogP contribution in [0.2, 0.25) is 25.7 Å². The number of anilines is 3. The summed E-state index contributed by atoms with van der Waals surface area (Å²) in [5, 5.41) is 4.91. The maximum Gasteiger partial charge on any atom is 0.262 e. The van der Waals surface area contributed by atoms with Crippen LogP contribution in [-0.2, 0) is 11.5 Å². The van der Waals surface area contributed by atoms with Gasteiger partial charge in [-0.15, -0.1) is 0 Å².